The van der Waals surface area contributed by atoms with Crippen LogP contribution in [0.4, 0.5) is 0 Å². The van der Waals surface area contributed by atoms with Gasteiger partial charge in [-0.25, -0.2) is 0 Å². The van der Waals surface area contributed by atoms with Gasteiger partial charge in [-0.1, -0.05) is 50.8 Å². The molecule has 0 aromatic heterocycles. The molecular weight excluding hydrogens is 241 g/mol. The molecule has 1 aliphatic heterocycles. The molecule has 103 valence electrons. The van der Waals surface area contributed by atoms with E-state index in [-0.39, 0.29) is 10.6 Å². The third-order valence-corrected chi connectivity index (χ3v) is 4.44. The van der Waals surface area contributed by atoms with Gasteiger partial charge in [0.1, 0.15) is 7.28 Å². The summed E-state index contributed by atoms with van der Waals surface area (Å²) < 4.78 is 0. The number of amides is 1. The molecule has 0 bridgehead atoms. The predicted molar refractivity (Wildman–Crippen MR) is 84.5 cm³/mol. The Bertz CT molecular complexity index is 308. The average molecular weight is 268 g/mol. The first-order valence-corrected chi connectivity index (χ1v) is 7.39. The van der Waals surface area contributed by atoms with Gasteiger partial charge in [-0.15, -0.1) is 0 Å². The number of hydrogen-bond donors (Lipinski definition) is 1. The first-order valence-electron chi connectivity index (χ1n) is 6.75. The zero-order valence-corrected chi connectivity index (χ0v) is 13.6. The second-order valence-corrected chi connectivity index (χ2v) is 5.54. The Kier molecular flexibility index (Phi) is 7.12. The lowest BCUT2D eigenvalue weighted by Crippen LogP contribution is -2.09. The fourth-order valence-electron chi connectivity index (χ4n) is 2.20. The maximum Gasteiger partial charge on any atom is 0.213 e. The zero-order chi connectivity index (χ0) is 14.4. The second-order valence-electron chi connectivity index (χ2n) is 5.23. The molecule has 0 aromatic carbocycles. The molecule has 1 saturated heterocycles. The van der Waals surface area contributed by atoms with Gasteiger partial charge in [0.15, 0.2) is 0 Å². The third-order valence-electron chi connectivity index (χ3n) is 3.79. The highest BCUT2D eigenvalue weighted by molar-refractivity contribution is 7.80. The van der Waals surface area contributed by atoms with Crippen molar-refractivity contribution in [1.82, 2.24) is 4.90 Å². The number of carbonyl (C=O) groups excluding carboxylic acids is 1. The fraction of sp³-hybridized carbons (Fsp3) is 0.786. The maximum absolute atomic E-state index is 10.6. The van der Waals surface area contributed by atoms with Crippen molar-refractivity contribution in [2.45, 2.75) is 58.1 Å². The second kappa shape index (κ2) is 7.27. The number of nitrogens with zero attached hydrogens (tertiary/aromatic N) is 1. The number of rotatable bonds is 6. The maximum atomic E-state index is 10.6. The summed E-state index contributed by atoms with van der Waals surface area (Å²) in [5.74, 6) is 0.893. The molecule has 1 radical (unpaired) electrons. The van der Waals surface area contributed by atoms with Crippen LogP contribution in [0.25, 0.3) is 0 Å². The Labute approximate surface area is 119 Å². The molecule has 0 aromatic rings. The van der Waals surface area contributed by atoms with Crippen LogP contribution in [0, 0.1) is 0 Å². The van der Waals surface area contributed by atoms with E-state index in [2.05, 4.69) is 40.7 Å². The van der Waals surface area contributed by atoms with Crippen molar-refractivity contribution in [3.05, 3.63) is 11.8 Å². The highest BCUT2D eigenvalue weighted by Crippen LogP contribution is 2.71. The normalized spacial score (nSPS) is 29.8. The Morgan fingerprint density at radius 2 is 1.89 bits per heavy atom. The van der Waals surface area contributed by atoms with Crippen LogP contribution in [-0.2, 0) is 4.79 Å². The van der Waals surface area contributed by atoms with Crippen LogP contribution in [0.15, 0.2) is 11.8 Å². The van der Waals surface area contributed by atoms with Crippen LogP contribution in [-0.4, -0.2) is 31.4 Å². The van der Waals surface area contributed by atoms with Crippen molar-refractivity contribution in [1.29, 1.82) is 0 Å². The summed E-state index contributed by atoms with van der Waals surface area (Å²) in [7, 11) is 4.15. The van der Waals surface area contributed by atoms with Gasteiger partial charge in [0.25, 0.3) is 0 Å². The molecule has 0 spiro atoms. The lowest BCUT2D eigenvalue weighted by Gasteiger charge is -2.21. The van der Waals surface area contributed by atoms with E-state index in [1.807, 2.05) is 20.0 Å². The number of allylic oxidation sites excluding steroid dienone is 1. The van der Waals surface area contributed by atoms with Crippen LogP contribution < -0.4 is 0 Å². The SMILES string of the molecule is CC.CC/C(=C\N(C)C=O)CC1(C)[B]C1(C)CS. The van der Waals surface area contributed by atoms with Gasteiger partial charge < -0.3 is 4.90 Å². The minimum absolute atomic E-state index is 0.250. The smallest absolute Gasteiger partial charge is 0.213 e. The first-order chi connectivity index (χ1) is 8.40. The quantitative estimate of drug-likeness (QED) is 0.441. The van der Waals surface area contributed by atoms with E-state index in [1.165, 1.54) is 5.57 Å². The molecule has 1 fully saturated rings. The monoisotopic (exact) mass is 268 g/mol. The molecule has 2 unspecified atom stereocenters. The molecule has 2 atom stereocenters. The lowest BCUT2D eigenvalue weighted by atomic mass is 9.83. The Morgan fingerprint density at radius 1 is 1.33 bits per heavy atom. The summed E-state index contributed by atoms with van der Waals surface area (Å²) in [6.45, 7) is 10.7. The van der Waals surface area contributed by atoms with Gasteiger partial charge in [-0.05, 0) is 18.6 Å². The molecule has 1 amide bonds. The topological polar surface area (TPSA) is 20.3 Å². The summed E-state index contributed by atoms with van der Waals surface area (Å²) in [5.41, 5.74) is 1.32. The van der Waals surface area contributed by atoms with Gasteiger partial charge in [-0.3, -0.25) is 4.79 Å². The Hall–Kier alpha value is -0.375. The van der Waals surface area contributed by atoms with Crippen molar-refractivity contribution in [2.24, 2.45) is 0 Å². The van der Waals surface area contributed by atoms with Gasteiger partial charge in [0, 0.05) is 13.2 Å². The van der Waals surface area contributed by atoms with Crippen molar-refractivity contribution in [2.75, 3.05) is 12.8 Å². The molecule has 1 heterocycles. The summed E-state index contributed by atoms with van der Waals surface area (Å²) in [5, 5.41) is 0.504. The fourth-order valence-corrected chi connectivity index (χ4v) is 2.65. The Morgan fingerprint density at radius 3 is 2.22 bits per heavy atom. The zero-order valence-electron chi connectivity index (χ0n) is 12.7. The molecule has 0 aliphatic carbocycles. The molecule has 0 saturated carbocycles. The first kappa shape index (κ1) is 17.6. The average Bonchev–Trinajstić information content (AvgIpc) is 2.93. The molecule has 0 N–H and O–H groups in total. The molecule has 4 heteroatoms. The molecule has 1 rings (SSSR count). The van der Waals surface area contributed by atoms with Crippen LogP contribution in [0.1, 0.15) is 47.5 Å². The van der Waals surface area contributed by atoms with Crippen molar-refractivity contribution >= 4 is 26.3 Å². The van der Waals surface area contributed by atoms with Crippen molar-refractivity contribution < 1.29 is 4.79 Å². The summed E-state index contributed by atoms with van der Waals surface area (Å²) in [6, 6.07) is 0. The van der Waals surface area contributed by atoms with E-state index in [0.29, 0.717) is 0 Å². The van der Waals surface area contributed by atoms with Crippen molar-refractivity contribution in [3.8, 4) is 0 Å². The Balaban J connectivity index is 0.00000137. The van der Waals surface area contributed by atoms with Gasteiger partial charge in [0.05, 0.1) is 0 Å². The molecule has 1 aliphatic rings. The van der Waals surface area contributed by atoms with E-state index >= 15 is 0 Å². The van der Waals surface area contributed by atoms with E-state index in [9.17, 15) is 4.79 Å². The van der Waals surface area contributed by atoms with Crippen LogP contribution in [0.2, 0.25) is 10.6 Å². The third kappa shape index (κ3) is 4.08. The number of carbonyl (C=O) groups is 1. The van der Waals surface area contributed by atoms with E-state index in [1.54, 1.807) is 11.9 Å². The van der Waals surface area contributed by atoms with E-state index < -0.39 is 0 Å². The predicted octanol–water partition coefficient (Wildman–Crippen LogP) is 3.79. The minimum Gasteiger partial charge on any atom is -0.325 e. The van der Waals surface area contributed by atoms with E-state index in [0.717, 1.165) is 25.0 Å². The summed E-state index contributed by atoms with van der Waals surface area (Å²) >= 11 is 4.40. The van der Waals surface area contributed by atoms with Crippen LogP contribution in [0.3, 0.4) is 0 Å². The molecular formula is C14H27BNOS. The lowest BCUT2D eigenvalue weighted by molar-refractivity contribution is -0.115. The molecule has 18 heavy (non-hydrogen) atoms. The van der Waals surface area contributed by atoms with Crippen LogP contribution in [0.5, 0.6) is 0 Å². The van der Waals surface area contributed by atoms with E-state index in [4.69, 9.17) is 0 Å². The standard InChI is InChI=1S/C12H21BNOS.C2H6/c1-5-10(7-14(4)9-15)6-11(2)12(3,8-16)13-11;1-2/h7,9,16H,5-6,8H2,1-4H3;1-2H3/b10-7+;. The summed E-state index contributed by atoms with van der Waals surface area (Å²) in [6.07, 6.45) is 4.80. The number of hydrogen-bond acceptors (Lipinski definition) is 2. The van der Waals surface area contributed by atoms with Gasteiger partial charge in [-0.2, -0.15) is 12.6 Å². The largest absolute Gasteiger partial charge is 0.325 e. The van der Waals surface area contributed by atoms with Crippen molar-refractivity contribution in [3.63, 3.8) is 0 Å². The highest BCUT2D eigenvalue weighted by atomic mass is 32.1. The minimum atomic E-state index is 0.250. The van der Waals surface area contributed by atoms with Gasteiger partial charge in [0.2, 0.25) is 6.41 Å². The van der Waals surface area contributed by atoms with Gasteiger partial charge >= 0.3 is 0 Å². The number of thiol groups is 1. The summed E-state index contributed by atoms with van der Waals surface area (Å²) in [4.78, 5) is 12.2. The van der Waals surface area contributed by atoms with Crippen LogP contribution >= 0.6 is 12.6 Å². The highest BCUT2D eigenvalue weighted by Gasteiger charge is 2.60. The molecule has 2 nitrogen and oxygen atoms in total.